The topological polar surface area (TPSA) is 64.3 Å². The molecule has 1 heterocycles. The van der Waals surface area contributed by atoms with Crippen LogP contribution in [0.3, 0.4) is 0 Å². The highest BCUT2D eigenvalue weighted by Gasteiger charge is 2.20. The molecule has 0 bridgehead atoms. The second kappa shape index (κ2) is 7.14. The fourth-order valence-corrected chi connectivity index (χ4v) is 2.94. The fourth-order valence-electron chi connectivity index (χ4n) is 1.69. The lowest BCUT2D eigenvalue weighted by Gasteiger charge is -2.24. The van der Waals surface area contributed by atoms with E-state index < -0.39 is 0 Å². The number of hydrogen-bond donors (Lipinski definition) is 2. The van der Waals surface area contributed by atoms with Crippen LogP contribution in [-0.4, -0.2) is 42.2 Å². The summed E-state index contributed by atoms with van der Waals surface area (Å²) in [6, 6.07) is 0.0700. The monoisotopic (exact) mass is 246 g/mol. The van der Waals surface area contributed by atoms with Gasteiger partial charge in [-0.3, -0.25) is 4.79 Å². The van der Waals surface area contributed by atoms with E-state index in [9.17, 15) is 4.79 Å². The molecular formula is C11H22N2O2S. The normalized spacial score (nSPS) is 19.9. The molecule has 1 saturated heterocycles. The predicted molar refractivity (Wildman–Crippen MR) is 67.6 cm³/mol. The molecule has 0 aromatic heterocycles. The Labute approximate surface area is 102 Å². The summed E-state index contributed by atoms with van der Waals surface area (Å²) in [7, 11) is 0. The van der Waals surface area contributed by atoms with Crippen molar-refractivity contribution in [3.8, 4) is 0 Å². The lowest BCUT2D eigenvalue weighted by atomic mass is 10.2. The van der Waals surface area contributed by atoms with Gasteiger partial charge in [-0.1, -0.05) is 13.8 Å². The molecule has 1 unspecified atom stereocenters. The number of nitrogens with two attached hydrogens (primary N) is 1. The first-order valence-corrected chi connectivity index (χ1v) is 6.89. The molecule has 0 radical (unpaired) electrons. The summed E-state index contributed by atoms with van der Waals surface area (Å²) in [4.78, 5) is 11.2. The summed E-state index contributed by atoms with van der Waals surface area (Å²) >= 11 is 1.83. The van der Waals surface area contributed by atoms with Crippen LogP contribution in [0.1, 0.15) is 26.7 Å². The van der Waals surface area contributed by atoms with Gasteiger partial charge in [-0.2, -0.15) is 11.8 Å². The molecule has 0 spiro atoms. The number of amides is 1. The van der Waals surface area contributed by atoms with Crippen LogP contribution in [0.15, 0.2) is 0 Å². The van der Waals surface area contributed by atoms with Crippen molar-refractivity contribution in [3.63, 3.8) is 0 Å². The molecule has 4 nitrogen and oxygen atoms in total. The lowest BCUT2D eigenvalue weighted by Crippen LogP contribution is -2.46. The molecule has 1 amide bonds. The standard InChI is InChI=1S/C11H22N2O2S/c1-8(2)13-10(11(12)14)7-16-9-3-5-15-6-4-9/h8-10,13H,3-7H2,1-2H3,(H2,12,14). The third kappa shape index (κ3) is 5.18. The minimum Gasteiger partial charge on any atom is -0.381 e. The van der Waals surface area contributed by atoms with Crippen molar-refractivity contribution in [2.24, 2.45) is 5.73 Å². The Bertz CT molecular complexity index is 218. The van der Waals surface area contributed by atoms with Gasteiger partial charge < -0.3 is 15.8 Å². The van der Waals surface area contributed by atoms with Crippen LogP contribution in [0, 0.1) is 0 Å². The van der Waals surface area contributed by atoms with Crippen LogP contribution in [0.4, 0.5) is 0 Å². The zero-order valence-corrected chi connectivity index (χ0v) is 10.9. The van der Waals surface area contributed by atoms with Gasteiger partial charge in [0, 0.05) is 30.3 Å². The van der Waals surface area contributed by atoms with Crippen molar-refractivity contribution in [3.05, 3.63) is 0 Å². The third-order valence-corrected chi connectivity index (χ3v) is 4.01. The van der Waals surface area contributed by atoms with Crippen molar-refractivity contribution in [2.75, 3.05) is 19.0 Å². The Morgan fingerprint density at radius 3 is 2.62 bits per heavy atom. The molecule has 1 rings (SSSR count). The smallest absolute Gasteiger partial charge is 0.235 e. The fraction of sp³-hybridized carbons (Fsp3) is 0.909. The predicted octanol–water partition coefficient (Wildman–Crippen LogP) is 0.750. The first-order valence-electron chi connectivity index (χ1n) is 5.84. The highest BCUT2D eigenvalue weighted by molar-refractivity contribution is 7.99. The van der Waals surface area contributed by atoms with Crippen LogP contribution in [-0.2, 0) is 9.53 Å². The van der Waals surface area contributed by atoms with Gasteiger partial charge in [0.2, 0.25) is 5.91 Å². The van der Waals surface area contributed by atoms with Crippen LogP contribution in [0.5, 0.6) is 0 Å². The molecule has 0 saturated carbocycles. The second-order valence-corrected chi connectivity index (χ2v) is 5.75. The summed E-state index contributed by atoms with van der Waals surface area (Å²) in [5, 5.41) is 3.81. The van der Waals surface area contributed by atoms with Gasteiger partial charge in [-0.25, -0.2) is 0 Å². The van der Waals surface area contributed by atoms with Crippen molar-refractivity contribution in [1.29, 1.82) is 0 Å². The third-order valence-electron chi connectivity index (χ3n) is 2.54. The zero-order chi connectivity index (χ0) is 12.0. The van der Waals surface area contributed by atoms with Crippen molar-refractivity contribution >= 4 is 17.7 Å². The molecule has 0 aliphatic carbocycles. The minimum absolute atomic E-state index is 0.215. The first kappa shape index (κ1) is 13.8. The summed E-state index contributed by atoms with van der Waals surface area (Å²) < 4.78 is 5.30. The Morgan fingerprint density at radius 2 is 2.12 bits per heavy atom. The number of primary amides is 1. The zero-order valence-electron chi connectivity index (χ0n) is 10.1. The highest BCUT2D eigenvalue weighted by atomic mass is 32.2. The van der Waals surface area contributed by atoms with Crippen LogP contribution in [0.2, 0.25) is 0 Å². The van der Waals surface area contributed by atoms with Gasteiger partial charge in [0.25, 0.3) is 0 Å². The summed E-state index contributed by atoms with van der Waals surface area (Å²) in [6.45, 7) is 5.73. The largest absolute Gasteiger partial charge is 0.381 e. The maximum Gasteiger partial charge on any atom is 0.235 e. The summed E-state index contributed by atoms with van der Waals surface area (Å²) in [5.41, 5.74) is 5.36. The molecule has 94 valence electrons. The maximum absolute atomic E-state index is 11.2. The minimum atomic E-state index is -0.256. The van der Waals surface area contributed by atoms with Gasteiger partial charge in [-0.05, 0) is 12.8 Å². The van der Waals surface area contributed by atoms with E-state index in [2.05, 4.69) is 5.32 Å². The molecular weight excluding hydrogens is 224 g/mol. The molecule has 0 aromatic carbocycles. The number of carbonyl (C=O) groups is 1. The summed E-state index contributed by atoms with van der Waals surface area (Å²) in [5.74, 6) is 0.506. The number of nitrogens with one attached hydrogen (secondary N) is 1. The first-order chi connectivity index (χ1) is 7.59. The Hall–Kier alpha value is -0.260. The van der Waals surface area contributed by atoms with E-state index in [1.807, 2.05) is 25.6 Å². The second-order valence-electron chi connectivity index (χ2n) is 4.42. The van der Waals surface area contributed by atoms with Crippen molar-refractivity contribution in [1.82, 2.24) is 5.32 Å². The highest BCUT2D eigenvalue weighted by Crippen LogP contribution is 2.22. The average molecular weight is 246 g/mol. The molecule has 1 atom stereocenters. The molecule has 1 aliphatic heterocycles. The van der Waals surface area contributed by atoms with Crippen LogP contribution in [0.25, 0.3) is 0 Å². The molecule has 1 fully saturated rings. The average Bonchev–Trinajstić information content (AvgIpc) is 2.25. The van der Waals surface area contributed by atoms with Crippen LogP contribution >= 0.6 is 11.8 Å². The van der Waals surface area contributed by atoms with Crippen molar-refractivity contribution in [2.45, 2.75) is 44.0 Å². The van der Waals surface area contributed by atoms with Crippen molar-refractivity contribution < 1.29 is 9.53 Å². The molecule has 0 aromatic rings. The van der Waals surface area contributed by atoms with E-state index in [1.54, 1.807) is 0 Å². The molecule has 16 heavy (non-hydrogen) atoms. The maximum atomic E-state index is 11.2. The van der Waals surface area contributed by atoms with E-state index in [0.717, 1.165) is 31.8 Å². The van der Waals surface area contributed by atoms with E-state index in [4.69, 9.17) is 10.5 Å². The Balaban J connectivity index is 2.28. The van der Waals surface area contributed by atoms with Gasteiger partial charge in [0.05, 0.1) is 6.04 Å². The summed E-state index contributed by atoms with van der Waals surface area (Å²) in [6.07, 6.45) is 2.16. The van der Waals surface area contributed by atoms with Gasteiger partial charge >= 0.3 is 0 Å². The Morgan fingerprint density at radius 1 is 1.50 bits per heavy atom. The van der Waals surface area contributed by atoms with E-state index >= 15 is 0 Å². The van der Waals surface area contributed by atoms with E-state index in [-0.39, 0.29) is 18.0 Å². The number of rotatable bonds is 6. The molecule has 1 aliphatic rings. The SMILES string of the molecule is CC(C)NC(CSC1CCOCC1)C(N)=O. The van der Waals surface area contributed by atoms with E-state index in [0.29, 0.717) is 5.25 Å². The number of hydrogen-bond acceptors (Lipinski definition) is 4. The van der Waals surface area contributed by atoms with Gasteiger partial charge in [0.1, 0.15) is 0 Å². The lowest BCUT2D eigenvalue weighted by molar-refractivity contribution is -0.119. The Kier molecular flexibility index (Phi) is 6.16. The number of ether oxygens (including phenoxy) is 1. The van der Waals surface area contributed by atoms with Gasteiger partial charge in [-0.15, -0.1) is 0 Å². The molecule has 5 heteroatoms. The number of thioether (sulfide) groups is 1. The molecule has 3 N–H and O–H groups in total. The number of carbonyl (C=O) groups excluding carboxylic acids is 1. The quantitative estimate of drug-likeness (QED) is 0.726. The van der Waals surface area contributed by atoms with E-state index in [1.165, 1.54) is 0 Å². The van der Waals surface area contributed by atoms with Gasteiger partial charge in [0.15, 0.2) is 0 Å². The van der Waals surface area contributed by atoms with Crippen LogP contribution < -0.4 is 11.1 Å².